The normalized spacial score (nSPS) is 12.6. The first-order valence-corrected chi connectivity index (χ1v) is 9.70. The van der Waals surface area contributed by atoms with E-state index in [1.54, 1.807) is 12.1 Å². The summed E-state index contributed by atoms with van der Waals surface area (Å²) < 4.78 is 18.5. The highest BCUT2D eigenvalue weighted by atomic mass is 19.1. The molecule has 0 heterocycles. The second-order valence-corrected chi connectivity index (χ2v) is 6.40. The molecule has 0 saturated heterocycles. The maximum Gasteiger partial charge on any atom is 0.222 e. The molecule has 1 amide bonds. The van der Waals surface area contributed by atoms with E-state index in [9.17, 15) is 9.18 Å². The molecule has 27 heavy (non-hydrogen) atoms. The number of hydrogen-bond acceptors (Lipinski definition) is 3. The molecule has 1 unspecified atom stereocenters. The van der Waals surface area contributed by atoms with Gasteiger partial charge in [0.2, 0.25) is 5.91 Å². The first-order valence-electron chi connectivity index (χ1n) is 9.70. The van der Waals surface area contributed by atoms with E-state index in [0.29, 0.717) is 19.0 Å². The summed E-state index contributed by atoms with van der Waals surface area (Å²) in [5, 5.41) is 6.39. The Balaban J connectivity index is 2.48. The summed E-state index contributed by atoms with van der Waals surface area (Å²) in [5.41, 5.74) is 6.37. The monoisotopic (exact) mass is 380 g/mol. The van der Waals surface area contributed by atoms with E-state index in [0.717, 1.165) is 44.5 Å². The van der Waals surface area contributed by atoms with Crippen LogP contribution in [0.25, 0.3) is 0 Å². The molecule has 7 heteroatoms. The van der Waals surface area contributed by atoms with Crippen molar-refractivity contribution < 1.29 is 13.9 Å². The van der Waals surface area contributed by atoms with Gasteiger partial charge in [-0.05, 0) is 43.9 Å². The number of primary amides is 1. The number of rotatable bonds is 13. The van der Waals surface area contributed by atoms with Crippen LogP contribution in [0.3, 0.4) is 0 Å². The van der Waals surface area contributed by atoms with Gasteiger partial charge in [-0.25, -0.2) is 4.39 Å². The smallest absolute Gasteiger partial charge is 0.222 e. The number of hydrogen-bond donors (Lipinski definition) is 3. The molecule has 0 saturated carbocycles. The predicted molar refractivity (Wildman–Crippen MR) is 107 cm³/mol. The van der Waals surface area contributed by atoms with E-state index in [1.807, 2.05) is 6.92 Å². The Kier molecular flexibility index (Phi) is 11.8. The van der Waals surface area contributed by atoms with Crippen LogP contribution in [0.1, 0.15) is 38.7 Å². The Morgan fingerprint density at radius 3 is 2.52 bits per heavy atom. The molecular weight excluding hydrogens is 347 g/mol. The molecule has 6 nitrogen and oxygen atoms in total. The van der Waals surface area contributed by atoms with Crippen molar-refractivity contribution in [2.45, 2.75) is 39.5 Å². The third kappa shape index (κ3) is 10.6. The molecule has 1 rings (SSSR count). The van der Waals surface area contributed by atoms with Crippen LogP contribution in [0.15, 0.2) is 29.3 Å². The maximum atomic E-state index is 13.0. The zero-order chi connectivity index (χ0) is 19.9. The molecule has 0 bridgehead atoms. The number of carbonyl (C=O) groups excluding carboxylic acids is 1. The first kappa shape index (κ1) is 22.9. The molecule has 4 N–H and O–H groups in total. The summed E-state index contributed by atoms with van der Waals surface area (Å²) in [6.45, 7) is 7.36. The zero-order valence-corrected chi connectivity index (χ0v) is 16.5. The number of amides is 1. The van der Waals surface area contributed by atoms with Crippen molar-refractivity contribution in [3.8, 4) is 0 Å². The number of unbranched alkanes of at least 4 members (excludes halogenated alkanes) is 1. The number of aliphatic imine (C=N–C) groups is 1. The second kappa shape index (κ2) is 14.0. The minimum absolute atomic E-state index is 0.273. The van der Waals surface area contributed by atoms with E-state index in [4.69, 9.17) is 10.5 Å². The number of nitrogens with one attached hydrogen (secondary N) is 2. The molecule has 0 aliphatic carbocycles. The largest absolute Gasteiger partial charge is 0.381 e. The van der Waals surface area contributed by atoms with E-state index in [-0.39, 0.29) is 12.4 Å². The van der Waals surface area contributed by atoms with Gasteiger partial charge >= 0.3 is 0 Å². The lowest BCUT2D eigenvalue weighted by atomic mass is 9.99. The molecule has 0 spiro atoms. The summed E-state index contributed by atoms with van der Waals surface area (Å²) >= 11 is 0. The highest BCUT2D eigenvalue weighted by Gasteiger charge is 2.16. The number of benzene rings is 1. The molecule has 1 atom stereocenters. The van der Waals surface area contributed by atoms with Crippen LogP contribution in [0.4, 0.5) is 4.39 Å². The van der Waals surface area contributed by atoms with Gasteiger partial charge in [0.05, 0.1) is 12.5 Å². The van der Waals surface area contributed by atoms with Gasteiger partial charge in [-0.1, -0.05) is 25.5 Å². The van der Waals surface area contributed by atoms with Crippen molar-refractivity contribution in [2.75, 3.05) is 32.8 Å². The van der Waals surface area contributed by atoms with E-state index in [2.05, 4.69) is 22.5 Å². The lowest BCUT2D eigenvalue weighted by Gasteiger charge is -2.14. The highest BCUT2D eigenvalue weighted by molar-refractivity contribution is 5.81. The molecule has 0 aliphatic heterocycles. The Labute approximate surface area is 161 Å². The molecular formula is C20H33FN4O2. The number of ether oxygens (including phenoxy) is 1. The quantitative estimate of drug-likeness (QED) is 0.278. The summed E-state index contributed by atoms with van der Waals surface area (Å²) in [5.74, 6) is -0.507. The Morgan fingerprint density at radius 1 is 1.19 bits per heavy atom. The maximum absolute atomic E-state index is 13.0. The number of halogens is 1. The topological polar surface area (TPSA) is 88.7 Å². The minimum Gasteiger partial charge on any atom is -0.381 e. The number of guanidine groups is 1. The Morgan fingerprint density at radius 2 is 1.89 bits per heavy atom. The Bertz CT molecular complexity index is 564. The van der Waals surface area contributed by atoms with Gasteiger partial charge in [-0.2, -0.15) is 0 Å². The van der Waals surface area contributed by atoms with Gasteiger partial charge in [0, 0.05) is 26.3 Å². The van der Waals surface area contributed by atoms with Crippen LogP contribution in [-0.4, -0.2) is 44.7 Å². The van der Waals surface area contributed by atoms with Crippen LogP contribution in [0.2, 0.25) is 0 Å². The van der Waals surface area contributed by atoms with E-state index in [1.165, 1.54) is 12.1 Å². The number of nitrogens with two attached hydrogens (primary N) is 1. The van der Waals surface area contributed by atoms with Gasteiger partial charge in [0.15, 0.2) is 5.96 Å². The standard InChI is InChI=1S/C20H33FN4O2/c1-3-5-12-27-13-6-11-24-20(23-4-2)25-15-17(19(22)26)14-16-7-9-18(21)10-8-16/h7-10,17H,3-6,11-15H2,1-2H3,(H2,22,26)(H2,23,24,25). The zero-order valence-electron chi connectivity index (χ0n) is 16.5. The third-order valence-electron chi connectivity index (χ3n) is 4.01. The van der Waals surface area contributed by atoms with Crippen molar-refractivity contribution >= 4 is 11.9 Å². The SMILES string of the molecule is CCCCOCCCNC(=NCC(Cc1ccc(F)cc1)C(N)=O)NCC. The fourth-order valence-corrected chi connectivity index (χ4v) is 2.43. The van der Waals surface area contributed by atoms with Crippen LogP contribution >= 0.6 is 0 Å². The van der Waals surface area contributed by atoms with Gasteiger partial charge < -0.3 is 21.1 Å². The van der Waals surface area contributed by atoms with Crippen LogP contribution < -0.4 is 16.4 Å². The molecule has 1 aromatic carbocycles. The second-order valence-electron chi connectivity index (χ2n) is 6.40. The summed E-state index contributed by atoms with van der Waals surface area (Å²) in [6, 6.07) is 6.09. The van der Waals surface area contributed by atoms with Crippen molar-refractivity contribution in [3.63, 3.8) is 0 Å². The fraction of sp³-hybridized carbons (Fsp3) is 0.600. The van der Waals surface area contributed by atoms with Gasteiger partial charge in [-0.3, -0.25) is 9.79 Å². The van der Waals surface area contributed by atoms with Gasteiger partial charge in [-0.15, -0.1) is 0 Å². The van der Waals surface area contributed by atoms with Crippen molar-refractivity contribution in [3.05, 3.63) is 35.6 Å². The summed E-state index contributed by atoms with van der Waals surface area (Å²) in [4.78, 5) is 16.2. The van der Waals surface area contributed by atoms with Crippen molar-refractivity contribution in [1.82, 2.24) is 10.6 Å². The van der Waals surface area contributed by atoms with Crippen LogP contribution in [0, 0.1) is 11.7 Å². The Hall–Kier alpha value is -2.15. The lowest BCUT2D eigenvalue weighted by Crippen LogP contribution is -2.39. The molecule has 1 aromatic rings. The molecule has 152 valence electrons. The summed E-state index contributed by atoms with van der Waals surface area (Å²) in [6.07, 6.45) is 3.53. The first-order chi connectivity index (χ1) is 13.1. The third-order valence-corrected chi connectivity index (χ3v) is 4.01. The van der Waals surface area contributed by atoms with E-state index >= 15 is 0 Å². The molecule has 0 fully saturated rings. The summed E-state index contributed by atoms with van der Waals surface area (Å²) in [7, 11) is 0. The average molecular weight is 381 g/mol. The molecule has 0 aliphatic rings. The van der Waals surface area contributed by atoms with Crippen molar-refractivity contribution in [1.29, 1.82) is 0 Å². The number of nitrogens with zero attached hydrogens (tertiary/aromatic N) is 1. The average Bonchev–Trinajstić information content (AvgIpc) is 2.65. The van der Waals surface area contributed by atoms with E-state index < -0.39 is 11.8 Å². The molecule has 0 radical (unpaired) electrons. The minimum atomic E-state index is -0.441. The van der Waals surface area contributed by atoms with Gasteiger partial charge in [0.25, 0.3) is 0 Å². The number of carbonyl (C=O) groups is 1. The predicted octanol–water partition coefficient (Wildman–Crippen LogP) is 2.23. The van der Waals surface area contributed by atoms with Crippen molar-refractivity contribution in [2.24, 2.45) is 16.6 Å². The highest BCUT2D eigenvalue weighted by Crippen LogP contribution is 2.10. The fourth-order valence-electron chi connectivity index (χ4n) is 2.43. The van der Waals surface area contributed by atoms with Gasteiger partial charge in [0.1, 0.15) is 5.82 Å². The molecule has 0 aromatic heterocycles. The van der Waals surface area contributed by atoms with Crippen LogP contribution in [-0.2, 0) is 16.0 Å². The lowest BCUT2D eigenvalue weighted by molar-refractivity contribution is -0.121. The van der Waals surface area contributed by atoms with Crippen LogP contribution in [0.5, 0.6) is 0 Å².